The quantitative estimate of drug-likeness (QED) is 0.535. The van der Waals surface area contributed by atoms with E-state index in [4.69, 9.17) is 18.0 Å². The van der Waals surface area contributed by atoms with Crippen molar-refractivity contribution in [3.05, 3.63) is 22.7 Å². The molecule has 2 rings (SSSR count). The Kier molecular flexibility index (Phi) is 7.60. The van der Waals surface area contributed by atoms with Crippen molar-refractivity contribution >= 4 is 30.8 Å². The summed E-state index contributed by atoms with van der Waals surface area (Å²) in [5.74, 6) is 0.599. The van der Waals surface area contributed by atoms with Crippen LogP contribution in [-0.2, 0) is 18.0 Å². The van der Waals surface area contributed by atoms with Crippen LogP contribution in [0, 0.1) is 0 Å². The van der Waals surface area contributed by atoms with E-state index < -0.39 is 49.7 Å². The molecule has 0 aliphatic carbocycles. The average molecular weight is 474 g/mol. The molecule has 0 bridgehead atoms. The van der Waals surface area contributed by atoms with Crippen molar-refractivity contribution in [1.29, 1.82) is 0 Å². The molecule has 172 valence electrons. The van der Waals surface area contributed by atoms with Crippen LogP contribution in [0.5, 0.6) is 0 Å². The van der Waals surface area contributed by atoms with Crippen LogP contribution >= 0.6 is 0 Å². The van der Waals surface area contributed by atoms with Crippen molar-refractivity contribution < 1.29 is 18.0 Å². The molecular formula is C19H39N3O5Si3. The number of rotatable bonds is 8. The van der Waals surface area contributed by atoms with Gasteiger partial charge in [-0.25, -0.2) is 4.79 Å². The molecule has 1 aromatic heterocycles. The van der Waals surface area contributed by atoms with Crippen LogP contribution in [0.3, 0.4) is 0 Å². The Labute approximate surface area is 183 Å². The fourth-order valence-electron chi connectivity index (χ4n) is 3.19. The Bertz CT molecular complexity index is 783. The van der Waals surface area contributed by atoms with E-state index in [0.29, 0.717) is 5.82 Å². The van der Waals surface area contributed by atoms with Gasteiger partial charge in [-0.3, -0.25) is 4.57 Å². The van der Waals surface area contributed by atoms with Gasteiger partial charge in [-0.2, -0.15) is 4.98 Å². The zero-order valence-corrected chi connectivity index (χ0v) is 23.3. The first-order chi connectivity index (χ1) is 13.5. The van der Waals surface area contributed by atoms with Crippen LogP contribution in [0.25, 0.3) is 0 Å². The summed E-state index contributed by atoms with van der Waals surface area (Å²) in [7, 11) is -2.16. The average Bonchev–Trinajstić information content (AvgIpc) is 2.80. The predicted molar refractivity (Wildman–Crippen MR) is 128 cm³/mol. The first kappa shape index (κ1) is 25.4. The molecule has 2 heterocycles. The number of aromatic nitrogens is 2. The van der Waals surface area contributed by atoms with Crippen LogP contribution in [0.15, 0.2) is 17.1 Å². The molecule has 0 aromatic carbocycles. The number of hydrogen-bond acceptors (Lipinski definition) is 7. The minimum absolute atomic E-state index is 0.379. The van der Waals surface area contributed by atoms with E-state index in [0.717, 1.165) is 0 Å². The summed E-state index contributed by atoms with van der Waals surface area (Å²) < 4.78 is 27.3. The van der Waals surface area contributed by atoms with E-state index in [1.165, 1.54) is 4.57 Å². The van der Waals surface area contributed by atoms with Crippen LogP contribution in [-0.4, -0.2) is 67.1 Å². The Balaban J connectivity index is 2.52. The summed E-state index contributed by atoms with van der Waals surface area (Å²) >= 11 is 0. The molecule has 2 unspecified atom stereocenters. The van der Waals surface area contributed by atoms with Gasteiger partial charge in [-0.15, -0.1) is 0 Å². The first-order valence-corrected chi connectivity index (χ1v) is 20.6. The van der Waals surface area contributed by atoms with Crippen molar-refractivity contribution in [1.82, 2.24) is 9.55 Å². The van der Waals surface area contributed by atoms with Crippen molar-refractivity contribution in [3.63, 3.8) is 0 Å². The summed E-state index contributed by atoms with van der Waals surface area (Å²) in [4.78, 5) is 18.9. The minimum Gasteiger partial charge on any atom is -0.407 e. The second kappa shape index (κ2) is 8.96. The lowest BCUT2D eigenvalue weighted by molar-refractivity contribution is -0.128. The Morgan fingerprint density at radius 3 is 1.83 bits per heavy atom. The van der Waals surface area contributed by atoms with Crippen molar-refractivity contribution in [2.75, 3.05) is 19.0 Å². The van der Waals surface area contributed by atoms with Crippen LogP contribution in [0.4, 0.5) is 5.82 Å². The van der Waals surface area contributed by atoms with Crippen LogP contribution in [0.1, 0.15) is 6.23 Å². The van der Waals surface area contributed by atoms with E-state index in [1.807, 2.05) is 14.1 Å². The highest BCUT2D eigenvalue weighted by atomic mass is 28.4. The Morgan fingerprint density at radius 2 is 1.40 bits per heavy atom. The molecule has 1 aliphatic rings. The normalized spacial score (nSPS) is 25.6. The molecule has 0 N–H and O–H groups in total. The highest BCUT2D eigenvalue weighted by Gasteiger charge is 2.51. The molecule has 30 heavy (non-hydrogen) atoms. The van der Waals surface area contributed by atoms with E-state index in [2.05, 4.69) is 63.9 Å². The van der Waals surface area contributed by atoms with Gasteiger partial charge in [0, 0.05) is 20.3 Å². The first-order valence-electron chi connectivity index (χ1n) is 10.4. The van der Waals surface area contributed by atoms with Gasteiger partial charge in [0.1, 0.15) is 18.0 Å². The Morgan fingerprint density at radius 1 is 0.900 bits per heavy atom. The molecule has 1 saturated heterocycles. The number of hydrogen-bond donors (Lipinski definition) is 0. The lowest BCUT2D eigenvalue weighted by atomic mass is 10.2. The predicted octanol–water partition coefficient (Wildman–Crippen LogP) is 3.46. The maximum atomic E-state index is 12.9. The summed E-state index contributed by atoms with van der Waals surface area (Å²) in [6.45, 7) is 19.1. The van der Waals surface area contributed by atoms with E-state index in [-0.39, 0.29) is 5.69 Å². The number of nitrogens with zero attached hydrogens (tertiary/aromatic N) is 3. The minimum atomic E-state index is -1.98. The molecule has 11 heteroatoms. The monoisotopic (exact) mass is 473 g/mol. The molecule has 0 saturated carbocycles. The highest BCUT2D eigenvalue weighted by molar-refractivity contribution is 6.70. The molecule has 0 spiro atoms. The maximum absolute atomic E-state index is 12.9. The van der Waals surface area contributed by atoms with Gasteiger partial charge in [0.25, 0.3) is 0 Å². The van der Waals surface area contributed by atoms with Gasteiger partial charge >= 0.3 is 5.69 Å². The van der Waals surface area contributed by atoms with Crippen molar-refractivity contribution in [3.8, 4) is 0 Å². The third kappa shape index (κ3) is 7.11. The van der Waals surface area contributed by atoms with Gasteiger partial charge in [-0.05, 0) is 65.0 Å². The van der Waals surface area contributed by atoms with Gasteiger partial charge in [0.05, 0.1) is 0 Å². The van der Waals surface area contributed by atoms with Gasteiger partial charge in [0.2, 0.25) is 0 Å². The third-order valence-electron chi connectivity index (χ3n) is 4.14. The molecular weight excluding hydrogens is 434 g/mol. The number of ether oxygens (including phenoxy) is 1. The van der Waals surface area contributed by atoms with Gasteiger partial charge in [0.15, 0.2) is 37.5 Å². The van der Waals surface area contributed by atoms with E-state index in [9.17, 15) is 4.79 Å². The largest absolute Gasteiger partial charge is 0.407 e. The fraction of sp³-hybridized carbons (Fsp3) is 0.789. The lowest BCUT2D eigenvalue weighted by Crippen LogP contribution is -2.49. The fourth-order valence-corrected chi connectivity index (χ4v) is 6.20. The Hall–Kier alpha value is -0.829. The molecule has 1 fully saturated rings. The molecule has 1 aliphatic heterocycles. The van der Waals surface area contributed by atoms with Crippen molar-refractivity contribution in [2.45, 2.75) is 83.6 Å². The molecule has 4 atom stereocenters. The summed E-state index contributed by atoms with van der Waals surface area (Å²) in [6.07, 6.45) is -0.376. The topological polar surface area (TPSA) is 75.1 Å². The van der Waals surface area contributed by atoms with E-state index >= 15 is 0 Å². The van der Waals surface area contributed by atoms with Gasteiger partial charge < -0.3 is 22.9 Å². The number of anilines is 1. The molecule has 0 amide bonds. The molecule has 0 radical (unpaired) electrons. The molecule has 8 nitrogen and oxygen atoms in total. The highest BCUT2D eigenvalue weighted by Crippen LogP contribution is 2.37. The maximum Gasteiger partial charge on any atom is 0.351 e. The summed E-state index contributed by atoms with van der Waals surface area (Å²) in [5, 5.41) is 0. The summed E-state index contributed by atoms with van der Waals surface area (Å²) in [6, 6.07) is 1.80. The summed E-state index contributed by atoms with van der Waals surface area (Å²) in [5.41, 5.74) is -0.379. The van der Waals surface area contributed by atoms with Gasteiger partial charge in [-0.1, -0.05) is 0 Å². The zero-order valence-electron chi connectivity index (χ0n) is 20.3. The zero-order chi connectivity index (χ0) is 23.1. The van der Waals surface area contributed by atoms with Crippen LogP contribution < -0.4 is 10.6 Å². The van der Waals surface area contributed by atoms with Crippen LogP contribution in [0.2, 0.25) is 58.9 Å². The molecule has 1 aromatic rings. The van der Waals surface area contributed by atoms with Crippen molar-refractivity contribution in [2.24, 2.45) is 0 Å². The second-order valence-electron chi connectivity index (χ2n) is 10.9. The smallest absolute Gasteiger partial charge is 0.351 e. The van der Waals surface area contributed by atoms with E-state index in [1.54, 1.807) is 17.2 Å². The standard InChI is InChI=1S/C19H39N3O5Si3/c1-21(2)14-12-13-22(19(23)20-14)17-15(25-28(3,4)5)16(26-29(6,7)8)18(24-17)27-30(9,10)11/h12-13,15-18H,1-11H3/t15?,16?,17-,18-/m0/s1. The lowest BCUT2D eigenvalue weighted by Gasteiger charge is -2.35. The SMILES string of the molecule is CN(C)c1ccn([C@H]2O[C@@H](O[Si](C)(C)C)C(O[Si](C)(C)C)C2O[Si](C)(C)C)c(=O)n1. The third-order valence-corrected chi connectivity index (χ3v) is 7.04. The second-order valence-corrected chi connectivity index (χ2v) is 24.3.